The van der Waals surface area contributed by atoms with Crippen LogP contribution in [0.3, 0.4) is 0 Å². The maximum absolute atomic E-state index is 6.68. The van der Waals surface area contributed by atoms with Gasteiger partial charge in [-0.25, -0.2) is 0 Å². The van der Waals surface area contributed by atoms with E-state index in [0.29, 0.717) is 26.4 Å². The maximum Gasteiger partial charge on any atom is 0.153 e. The van der Waals surface area contributed by atoms with Gasteiger partial charge in [0, 0.05) is 5.41 Å². The van der Waals surface area contributed by atoms with Gasteiger partial charge in [0.15, 0.2) is 6.10 Å². The average molecular weight is 529 g/mol. The van der Waals surface area contributed by atoms with Gasteiger partial charge in [-0.3, -0.25) is 0 Å². The molecule has 3 aromatic rings. The summed E-state index contributed by atoms with van der Waals surface area (Å²) >= 11 is 0. The van der Waals surface area contributed by atoms with Gasteiger partial charge in [0.2, 0.25) is 0 Å². The average Bonchev–Trinajstić information content (AvgIpc) is 2.96. The van der Waals surface area contributed by atoms with Gasteiger partial charge >= 0.3 is 0 Å². The summed E-state index contributed by atoms with van der Waals surface area (Å²) in [4.78, 5) is 0. The SMILES string of the molecule is CC(C)(C)C1=CC[C@H]2O[C@H](COCc3ccccc3)[C@@H](OCc3ccccc3)[C@H](OCc3ccccc3)[C@H]2O1. The van der Waals surface area contributed by atoms with Crippen LogP contribution in [0.25, 0.3) is 0 Å². The standard InChI is InChI=1S/C34H40O5/c1-34(2,3)30-20-19-28-32(39-30)33(37-23-27-17-11-6-12-18-27)31(36-22-26-15-9-5-10-16-26)29(38-28)24-35-21-25-13-7-4-8-14-25/h4-18,20,28-29,31-33H,19,21-24H2,1-3H3/t28-,29-,31-,32+,33+/m1/s1. The third-order valence-corrected chi connectivity index (χ3v) is 7.23. The number of benzene rings is 3. The van der Waals surface area contributed by atoms with E-state index in [1.807, 2.05) is 54.6 Å². The van der Waals surface area contributed by atoms with E-state index >= 15 is 0 Å². The Hall–Kier alpha value is -2.96. The highest BCUT2D eigenvalue weighted by Gasteiger charge is 2.50. The molecule has 0 aromatic heterocycles. The number of ether oxygens (including phenoxy) is 5. The Labute approximate surface area is 232 Å². The van der Waals surface area contributed by atoms with E-state index in [9.17, 15) is 0 Å². The topological polar surface area (TPSA) is 46.2 Å². The summed E-state index contributed by atoms with van der Waals surface area (Å²) < 4.78 is 32.8. The fourth-order valence-electron chi connectivity index (χ4n) is 5.15. The molecule has 1 saturated heterocycles. The quantitative estimate of drug-likeness (QED) is 0.288. The van der Waals surface area contributed by atoms with Gasteiger partial charge in [0.1, 0.15) is 24.4 Å². The molecule has 0 amide bonds. The van der Waals surface area contributed by atoms with Gasteiger partial charge in [-0.2, -0.15) is 0 Å². The van der Waals surface area contributed by atoms with E-state index in [-0.39, 0.29) is 35.9 Å². The van der Waals surface area contributed by atoms with Gasteiger partial charge in [-0.15, -0.1) is 0 Å². The van der Waals surface area contributed by atoms with Gasteiger partial charge < -0.3 is 23.7 Å². The molecule has 5 atom stereocenters. The van der Waals surface area contributed by atoms with E-state index in [0.717, 1.165) is 28.9 Å². The van der Waals surface area contributed by atoms with Crippen molar-refractivity contribution in [2.45, 2.75) is 77.5 Å². The maximum atomic E-state index is 6.68. The Morgan fingerprint density at radius 3 is 1.74 bits per heavy atom. The predicted octanol–water partition coefficient (Wildman–Crippen LogP) is 6.86. The lowest BCUT2D eigenvalue weighted by atomic mass is 9.86. The van der Waals surface area contributed by atoms with Crippen molar-refractivity contribution >= 4 is 0 Å². The van der Waals surface area contributed by atoms with Crippen LogP contribution in [0.2, 0.25) is 0 Å². The second kappa shape index (κ2) is 12.9. The minimum Gasteiger partial charge on any atom is -0.489 e. The molecule has 0 unspecified atom stereocenters. The molecule has 2 heterocycles. The van der Waals surface area contributed by atoms with Crippen LogP contribution in [0.1, 0.15) is 43.9 Å². The number of rotatable bonds is 10. The smallest absolute Gasteiger partial charge is 0.153 e. The molecule has 0 aliphatic carbocycles. The molecule has 5 nitrogen and oxygen atoms in total. The van der Waals surface area contributed by atoms with Crippen LogP contribution in [-0.4, -0.2) is 37.1 Å². The van der Waals surface area contributed by atoms with Crippen molar-refractivity contribution in [3.8, 4) is 0 Å². The van der Waals surface area contributed by atoms with Crippen LogP contribution < -0.4 is 0 Å². The third-order valence-electron chi connectivity index (χ3n) is 7.23. The Morgan fingerprint density at radius 1 is 0.692 bits per heavy atom. The lowest BCUT2D eigenvalue weighted by molar-refractivity contribution is -0.269. The number of allylic oxidation sites excluding steroid dienone is 1. The molecule has 5 heteroatoms. The first-order valence-electron chi connectivity index (χ1n) is 13.9. The lowest BCUT2D eigenvalue weighted by Gasteiger charge is -2.48. The summed E-state index contributed by atoms with van der Waals surface area (Å²) in [5.41, 5.74) is 3.24. The highest BCUT2D eigenvalue weighted by molar-refractivity contribution is 5.17. The van der Waals surface area contributed by atoms with Crippen LogP contribution in [0, 0.1) is 5.41 Å². The first-order valence-corrected chi connectivity index (χ1v) is 13.9. The van der Waals surface area contributed by atoms with Crippen molar-refractivity contribution in [2.75, 3.05) is 6.61 Å². The van der Waals surface area contributed by atoms with E-state index in [4.69, 9.17) is 23.7 Å². The molecule has 0 bridgehead atoms. The zero-order valence-corrected chi connectivity index (χ0v) is 23.2. The monoisotopic (exact) mass is 528 g/mol. The first kappa shape index (κ1) is 27.6. The molecule has 0 spiro atoms. The van der Waals surface area contributed by atoms with Crippen molar-refractivity contribution in [2.24, 2.45) is 5.41 Å². The minimum absolute atomic E-state index is 0.106. The second-order valence-electron chi connectivity index (χ2n) is 11.4. The van der Waals surface area contributed by atoms with Gasteiger partial charge in [-0.05, 0) is 29.2 Å². The van der Waals surface area contributed by atoms with Gasteiger partial charge in [-0.1, -0.05) is 112 Å². The highest BCUT2D eigenvalue weighted by Crippen LogP contribution is 2.39. The van der Waals surface area contributed by atoms with Crippen molar-refractivity contribution in [1.29, 1.82) is 0 Å². The minimum atomic E-state index is -0.370. The Balaban J connectivity index is 1.39. The molecule has 1 fully saturated rings. The van der Waals surface area contributed by atoms with E-state index in [2.05, 4.69) is 63.2 Å². The number of fused-ring (bicyclic) bond motifs is 1. The predicted molar refractivity (Wildman–Crippen MR) is 152 cm³/mol. The van der Waals surface area contributed by atoms with E-state index in [1.165, 1.54) is 0 Å². The molecule has 2 aliphatic heterocycles. The van der Waals surface area contributed by atoms with Crippen molar-refractivity contribution in [3.63, 3.8) is 0 Å². The number of hydrogen-bond donors (Lipinski definition) is 0. The van der Waals surface area contributed by atoms with Crippen molar-refractivity contribution < 1.29 is 23.7 Å². The summed E-state index contributed by atoms with van der Waals surface area (Å²) in [5, 5.41) is 0. The molecule has 0 N–H and O–H groups in total. The molecule has 0 radical (unpaired) electrons. The second-order valence-corrected chi connectivity index (χ2v) is 11.4. The molecule has 2 aliphatic rings. The van der Waals surface area contributed by atoms with Gasteiger partial charge in [0.05, 0.1) is 32.2 Å². The molecule has 206 valence electrons. The Bertz CT molecular complexity index is 1170. The molecule has 39 heavy (non-hydrogen) atoms. The zero-order valence-electron chi connectivity index (χ0n) is 23.2. The molecular weight excluding hydrogens is 488 g/mol. The summed E-state index contributed by atoms with van der Waals surface area (Å²) in [6.45, 7) is 8.35. The fraction of sp³-hybridized carbons (Fsp3) is 0.412. The molecule has 5 rings (SSSR count). The first-order chi connectivity index (χ1) is 19.0. The lowest BCUT2D eigenvalue weighted by Crippen LogP contribution is -2.62. The summed E-state index contributed by atoms with van der Waals surface area (Å²) in [7, 11) is 0. The fourth-order valence-corrected chi connectivity index (χ4v) is 5.15. The molecule has 0 saturated carbocycles. The van der Waals surface area contributed by atoms with Crippen LogP contribution in [-0.2, 0) is 43.5 Å². The Kier molecular flexibility index (Phi) is 9.15. The number of hydrogen-bond acceptors (Lipinski definition) is 5. The highest BCUT2D eigenvalue weighted by atomic mass is 16.6. The van der Waals surface area contributed by atoms with Gasteiger partial charge in [0.25, 0.3) is 0 Å². The van der Waals surface area contributed by atoms with Crippen molar-refractivity contribution in [1.82, 2.24) is 0 Å². The Morgan fingerprint density at radius 2 is 1.21 bits per heavy atom. The van der Waals surface area contributed by atoms with E-state index < -0.39 is 0 Å². The summed E-state index contributed by atoms with van der Waals surface area (Å²) in [5.74, 6) is 0.973. The van der Waals surface area contributed by atoms with Crippen molar-refractivity contribution in [3.05, 3.63) is 120 Å². The normalized spacial score (nSPS) is 24.9. The molecular formula is C34H40O5. The largest absolute Gasteiger partial charge is 0.489 e. The summed E-state index contributed by atoms with van der Waals surface area (Å²) in [6, 6.07) is 30.7. The zero-order chi connectivity index (χ0) is 27.1. The third kappa shape index (κ3) is 7.37. The van der Waals surface area contributed by atoms with Crippen LogP contribution >= 0.6 is 0 Å². The van der Waals surface area contributed by atoms with Crippen LogP contribution in [0.15, 0.2) is 103 Å². The molecule has 3 aromatic carbocycles. The van der Waals surface area contributed by atoms with E-state index in [1.54, 1.807) is 0 Å². The van der Waals surface area contributed by atoms with Crippen LogP contribution in [0.4, 0.5) is 0 Å². The van der Waals surface area contributed by atoms with Crippen LogP contribution in [0.5, 0.6) is 0 Å². The summed E-state index contributed by atoms with van der Waals surface area (Å²) in [6.07, 6.45) is 1.52.